The van der Waals surface area contributed by atoms with E-state index in [4.69, 9.17) is 21.1 Å². The minimum Gasteiger partial charge on any atom is -0.475 e. The largest absolute Gasteiger partial charge is 0.475 e. The molecule has 0 aliphatic rings. The first-order chi connectivity index (χ1) is 11.1. The van der Waals surface area contributed by atoms with Crippen LogP contribution in [0.3, 0.4) is 0 Å². The lowest BCUT2D eigenvalue weighted by Gasteiger charge is -2.25. The Morgan fingerprint density at radius 2 is 1.79 bits per heavy atom. The number of aromatic carboxylic acids is 1. The molecule has 0 amide bonds. The minimum absolute atomic E-state index is 0.130. The Balaban J connectivity index is 0.000000277. The van der Waals surface area contributed by atoms with E-state index in [-0.39, 0.29) is 17.0 Å². The standard InChI is InChI=1S/C11H7FO3.C7H16ClN/c12-8-3-1-7(2-4-8)9-5-6-10(15-9)11(13)14;1-7(2,5-8)6-9(3)4/h1-6H,(H,13,14);5-6H2,1-4H3. The predicted octanol–water partition coefficient (Wildman–Crippen LogP) is 4.60. The van der Waals surface area contributed by atoms with Crippen molar-refractivity contribution < 1.29 is 18.7 Å². The molecular weight excluding hydrogens is 333 g/mol. The molecule has 0 saturated carbocycles. The second-order valence-corrected chi connectivity index (χ2v) is 6.78. The number of carbonyl (C=O) groups is 1. The molecule has 0 fully saturated rings. The summed E-state index contributed by atoms with van der Waals surface area (Å²) in [5.41, 5.74) is 0.898. The molecule has 4 nitrogen and oxygen atoms in total. The third-order valence-electron chi connectivity index (χ3n) is 3.05. The number of carboxylic acids is 1. The van der Waals surface area contributed by atoms with Gasteiger partial charge in [0.15, 0.2) is 0 Å². The molecule has 1 aromatic carbocycles. The van der Waals surface area contributed by atoms with Crippen molar-refractivity contribution in [1.82, 2.24) is 4.90 Å². The molecule has 1 heterocycles. The van der Waals surface area contributed by atoms with Gasteiger partial charge in [-0.15, -0.1) is 11.6 Å². The van der Waals surface area contributed by atoms with E-state index in [0.717, 1.165) is 12.4 Å². The van der Waals surface area contributed by atoms with E-state index in [9.17, 15) is 9.18 Å². The van der Waals surface area contributed by atoms with Crippen LogP contribution in [0.15, 0.2) is 40.8 Å². The number of rotatable bonds is 5. The highest BCUT2D eigenvalue weighted by molar-refractivity contribution is 6.18. The molecule has 0 unspecified atom stereocenters. The third kappa shape index (κ3) is 6.72. The SMILES string of the molecule is CN(C)CC(C)(C)CCl.O=C(O)c1ccc(-c2ccc(F)cc2)o1. The summed E-state index contributed by atoms with van der Waals surface area (Å²) >= 11 is 5.71. The van der Waals surface area contributed by atoms with Crippen LogP contribution in [0.5, 0.6) is 0 Å². The van der Waals surface area contributed by atoms with Gasteiger partial charge in [-0.05, 0) is 55.9 Å². The average molecular weight is 356 g/mol. The first-order valence-corrected chi connectivity index (χ1v) is 7.98. The van der Waals surface area contributed by atoms with Crippen molar-refractivity contribution in [2.45, 2.75) is 13.8 Å². The summed E-state index contributed by atoms with van der Waals surface area (Å²) in [7, 11) is 4.13. The molecule has 2 rings (SSSR count). The van der Waals surface area contributed by atoms with Crippen LogP contribution in [0, 0.1) is 11.2 Å². The highest BCUT2D eigenvalue weighted by Crippen LogP contribution is 2.22. The van der Waals surface area contributed by atoms with Gasteiger partial charge in [-0.1, -0.05) is 13.8 Å². The van der Waals surface area contributed by atoms with Crippen LogP contribution in [0.1, 0.15) is 24.4 Å². The van der Waals surface area contributed by atoms with Gasteiger partial charge >= 0.3 is 5.97 Å². The van der Waals surface area contributed by atoms with Gasteiger partial charge in [-0.25, -0.2) is 9.18 Å². The van der Waals surface area contributed by atoms with Crippen LogP contribution >= 0.6 is 11.6 Å². The second kappa shape index (κ2) is 8.85. The maximum Gasteiger partial charge on any atom is 0.371 e. The molecule has 0 bridgehead atoms. The number of furan rings is 1. The molecule has 24 heavy (non-hydrogen) atoms. The van der Waals surface area contributed by atoms with Gasteiger partial charge in [-0.2, -0.15) is 0 Å². The molecule has 1 N–H and O–H groups in total. The zero-order valence-corrected chi connectivity index (χ0v) is 15.1. The number of halogens is 2. The Hall–Kier alpha value is -1.85. The number of carboxylic acid groups (broad SMARTS) is 1. The highest BCUT2D eigenvalue weighted by atomic mass is 35.5. The van der Waals surface area contributed by atoms with Gasteiger partial charge in [0, 0.05) is 18.0 Å². The van der Waals surface area contributed by atoms with Gasteiger partial charge in [0.1, 0.15) is 11.6 Å². The van der Waals surface area contributed by atoms with Gasteiger partial charge in [0.2, 0.25) is 5.76 Å². The quantitative estimate of drug-likeness (QED) is 0.796. The average Bonchev–Trinajstić information content (AvgIpc) is 2.97. The van der Waals surface area contributed by atoms with Gasteiger partial charge in [0.25, 0.3) is 0 Å². The van der Waals surface area contributed by atoms with Crippen LogP contribution < -0.4 is 0 Å². The fraction of sp³-hybridized carbons (Fsp3) is 0.389. The smallest absolute Gasteiger partial charge is 0.371 e. The van der Waals surface area contributed by atoms with Crippen LogP contribution in [-0.2, 0) is 0 Å². The summed E-state index contributed by atoms with van der Waals surface area (Å²) in [6.07, 6.45) is 0. The minimum atomic E-state index is -1.12. The maximum absolute atomic E-state index is 12.6. The summed E-state index contributed by atoms with van der Waals surface area (Å²) in [5, 5.41) is 8.64. The van der Waals surface area contributed by atoms with Crippen molar-refractivity contribution in [3.8, 4) is 11.3 Å². The second-order valence-electron chi connectivity index (χ2n) is 6.51. The summed E-state index contributed by atoms with van der Waals surface area (Å²) in [6.45, 7) is 5.39. The predicted molar refractivity (Wildman–Crippen MR) is 94.1 cm³/mol. The number of nitrogens with zero attached hydrogens (tertiary/aromatic N) is 1. The number of alkyl halides is 1. The lowest BCUT2D eigenvalue weighted by molar-refractivity contribution is 0.0663. The van der Waals surface area contributed by atoms with E-state index < -0.39 is 5.97 Å². The number of hydrogen-bond acceptors (Lipinski definition) is 3. The molecule has 132 valence electrons. The van der Waals surface area contributed by atoms with Gasteiger partial charge < -0.3 is 14.4 Å². The van der Waals surface area contributed by atoms with Crippen molar-refractivity contribution in [2.24, 2.45) is 5.41 Å². The molecule has 0 aliphatic carbocycles. The van der Waals surface area contributed by atoms with Gasteiger partial charge in [-0.3, -0.25) is 0 Å². The van der Waals surface area contributed by atoms with Crippen molar-refractivity contribution in [3.05, 3.63) is 48.0 Å². The molecule has 2 aromatic rings. The zero-order chi connectivity index (χ0) is 18.3. The van der Waals surface area contributed by atoms with E-state index in [0.29, 0.717) is 11.3 Å². The van der Waals surface area contributed by atoms with Gasteiger partial charge in [0.05, 0.1) is 0 Å². The first-order valence-electron chi connectivity index (χ1n) is 7.44. The molecule has 0 atom stereocenters. The van der Waals surface area contributed by atoms with Crippen molar-refractivity contribution >= 4 is 17.6 Å². The van der Waals surface area contributed by atoms with Crippen LogP contribution in [0.2, 0.25) is 0 Å². The monoisotopic (exact) mass is 355 g/mol. The van der Waals surface area contributed by atoms with Crippen LogP contribution in [0.4, 0.5) is 4.39 Å². The summed E-state index contributed by atoms with van der Waals surface area (Å²) in [4.78, 5) is 12.7. The van der Waals surface area contributed by atoms with Crippen molar-refractivity contribution in [3.63, 3.8) is 0 Å². The zero-order valence-electron chi connectivity index (χ0n) is 14.3. The van der Waals surface area contributed by atoms with E-state index in [1.807, 2.05) is 0 Å². The topological polar surface area (TPSA) is 53.7 Å². The van der Waals surface area contributed by atoms with E-state index in [2.05, 4.69) is 32.8 Å². The first kappa shape index (κ1) is 20.2. The Morgan fingerprint density at radius 1 is 1.21 bits per heavy atom. The lowest BCUT2D eigenvalue weighted by Crippen LogP contribution is -2.29. The third-order valence-corrected chi connectivity index (χ3v) is 3.78. The molecule has 0 spiro atoms. The Bertz CT molecular complexity index is 651. The number of hydrogen-bond donors (Lipinski definition) is 1. The molecular formula is C18H23ClFNO3. The number of benzene rings is 1. The van der Waals surface area contributed by atoms with Crippen LogP contribution in [0.25, 0.3) is 11.3 Å². The van der Waals surface area contributed by atoms with E-state index in [1.54, 1.807) is 0 Å². The summed E-state index contributed by atoms with van der Waals surface area (Å²) in [5.74, 6) is -0.459. The molecule has 0 saturated heterocycles. The fourth-order valence-electron chi connectivity index (χ4n) is 2.12. The highest BCUT2D eigenvalue weighted by Gasteiger charge is 2.16. The summed E-state index contributed by atoms with van der Waals surface area (Å²) < 4.78 is 17.7. The molecule has 0 aliphatic heterocycles. The molecule has 1 aromatic heterocycles. The Morgan fingerprint density at radius 3 is 2.17 bits per heavy atom. The fourth-order valence-corrected chi connectivity index (χ4v) is 2.20. The van der Waals surface area contributed by atoms with Crippen LogP contribution in [-0.4, -0.2) is 42.5 Å². The molecule has 0 radical (unpaired) electrons. The molecule has 6 heteroatoms. The lowest BCUT2D eigenvalue weighted by atomic mass is 9.96. The van der Waals surface area contributed by atoms with E-state index >= 15 is 0 Å². The van der Waals surface area contributed by atoms with E-state index in [1.165, 1.54) is 36.4 Å². The Labute approximate surface area is 146 Å². The van der Waals surface area contributed by atoms with Crippen molar-refractivity contribution in [2.75, 3.05) is 26.5 Å². The van der Waals surface area contributed by atoms with Crippen molar-refractivity contribution in [1.29, 1.82) is 0 Å². The summed E-state index contributed by atoms with van der Waals surface area (Å²) in [6, 6.07) is 8.54. The maximum atomic E-state index is 12.6. The normalized spacial score (nSPS) is 11.1. The Kier molecular flexibility index (Phi) is 7.45.